The van der Waals surface area contributed by atoms with E-state index in [0.717, 1.165) is 22.4 Å². The summed E-state index contributed by atoms with van der Waals surface area (Å²) in [6, 6.07) is 4.16. The zero-order valence-electron chi connectivity index (χ0n) is 26.7. The first-order valence-electron chi connectivity index (χ1n) is 15.6. The van der Waals surface area contributed by atoms with Crippen molar-refractivity contribution in [2.45, 2.75) is 161 Å². The molecule has 224 valence electrons. The molecule has 0 fully saturated rings. The third kappa shape index (κ3) is 14.2. The molecule has 0 saturated carbocycles. The van der Waals surface area contributed by atoms with Gasteiger partial charge in [-0.15, -0.1) is 0 Å². The molecular formula is C34H60N2O2S. The van der Waals surface area contributed by atoms with Gasteiger partial charge in [0, 0.05) is 17.6 Å². The first-order valence-corrected chi connectivity index (χ1v) is 16.6. The SMILES string of the molecule is CCCCCCCCCCCCCSC(C)(CN=N)CC(=O)CCc1cc(C(C)(C)C)c(O)c(C(C)(C)C)c1. The van der Waals surface area contributed by atoms with Gasteiger partial charge in [-0.25, -0.2) is 5.53 Å². The standard InChI is InChI=1S/C34H60N2O2S/c1-9-10-11-12-13-14-15-16-17-18-19-22-39-34(8,26-36-35)25-28(37)21-20-27-23-29(32(2,3)4)31(38)30(24-27)33(5,6)7/h23-24,35,38H,9-22,25-26H2,1-8H3. The van der Waals surface area contributed by atoms with Crippen molar-refractivity contribution in [2.75, 3.05) is 12.3 Å². The lowest BCUT2D eigenvalue weighted by molar-refractivity contribution is -0.119. The van der Waals surface area contributed by atoms with E-state index in [0.29, 0.717) is 31.6 Å². The maximum absolute atomic E-state index is 13.1. The van der Waals surface area contributed by atoms with E-state index in [-0.39, 0.29) is 21.4 Å². The Morgan fingerprint density at radius 2 is 1.28 bits per heavy atom. The number of carbonyl (C=O) groups is 1. The molecule has 39 heavy (non-hydrogen) atoms. The first-order chi connectivity index (χ1) is 18.2. The van der Waals surface area contributed by atoms with Crippen LogP contribution in [0.4, 0.5) is 0 Å². The van der Waals surface area contributed by atoms with Gasteiger partial charge < -0.3 is 5.11 Å². The number of phenols is 1. The molecule has 0 aromatic heterocycles. The quantitative estimate of drug-likeness (QED) is 0.123. The van der Waals surface area contributed by atoms with Crippen molar-refractivity contribution in [3.63, 3.8) is 0 Å². The Kier molecular flexibility index (Phi) is 16.0. The van der Waals surface area contributed by atoms with Crippen molar-refractivity contribution < 1.29 is 9.90 Å². The van der Waals surface area contributed by atoms with Crippen LogP contribution in [0, 0.1) is 5.53 Å². The van der Waals surface area contributed by atoms with Crippen molar-refractivity contribution >= 4 is 17.5 Å². The zero-order chi connectivity index (χ0) is 29.5. The predicted octanol–water partition coefficient (Wildman–Crippen LogP) is 10.7. The lowest BCUT2D eigenvalue weighted by Crippen LogP contribution is -2.28. The van der Waals surface area contributed by atoms with E-state index in [1.165, 1.54) is 70.6 Å². The van der Waals surface area contributed by atoms with Gasteiger partial charge in [-0.2, -0.15) is 16.9 Å². The lowest BCUT2D eigenvalue weighted by Gasteiger charge is -2.28. The van der Waals surface area contributed by atoms with Crippen LogP contribution in [0.15, 0.2) is 17.2 Å². The summed E-state index contributed by atoms with van der Waals surface area (Å²) >= 11 is 1.82. The molecule has 0 amide bonds. The molecule has 1 atom stereocenters. The summed E-state index contributed by atoms with van der Waals surface area (Å²) in [6.45, 7) is 17.5. The van der Waals surface area contributed by atoms with Crippen LogP contribution in [-0.2, 0) is 22.0 Å². The number of thioether (sulfide) groups is 1. The highest BCUT2D eigenvalue weighted by Gasteiger charge is 2.29. The number of hydrogen-bond acceptors (Lipinski definition) is 5. The van der Waals surface area contributed by atoms with Crippen molar-refractivity contribution in [3.8, 4) is 5.75 Å². The monoisotopic (exact) mass is 560 g/mol. The smallest absolute Gasteiger partial charge is 0.134 e. The van der Waals surface area contributed by atoms with Crippen LogP contribution >= 0.6 is 11.8 Å². The summed E-state index contributed by atoms with van der Waals surface area (Å²) in [4.78, 5) is 13.1. The molecular weight excluding hydrogens is 500 g/mol. The van der Waals surface area contributed by atoms with Gasteiger partial charge in [0.15, 0.2) is 0 Å². The van der Waals surface area contributed by atoms with E-state index in [1.807, 2.05) is 11.8 Å². The van der Waals surface area contributed by atoms with Gasteiger partial charge in [0.1, 0.15) is 11.5 Å². The van der Waals surface area contributed by atoms with Crippen LogP contribution in [-0.4, -0.2) is 27.9 Å². The number of carbonyl (C=O) groups excluding carboxylic acids is 1. The molecule has 5 heteroatoms. The number of hydrogen-bond donors (Lipinski definition) is 2. The maximum atomic E-state index is 13.1. The number of Topliss-reactive ketones (excluding diaryl/α,β-unsaturated/α-hetero) is 1. The molecule has 0 aliphatic rings. The average molecular weight is 561 g/mol. The summed E-state index contributed by atoms with van der Waals surface area (Å²) in [5.41, 5.74) is 10.1. The zero-order valence-corrected chi connectivity index (χ0v) is 27.5. The van der Waals surface area contributed by atoms with Gasteiger partial charge in [-0.05, 0) is 53.0 Å². The topological polar surface area (TPSA) is 73.5 Å². The number of nitrogens with zero attached hydrogens (tertiary/aromatic N) is 1. The normalized spacial score (nSPS) is 13.8. The summed E-state index contributed by atoms with van der Waals surface area (Å²) in [5, 5.41) is 14.7. The van der Waals surface area contributed by atoms with Gasteiger partial charge in [-0.3, -0.25) is 4.79 Å². The minimum atomic E-state index is -0.306. The van der Waals surface area contributed by atoms with Gasteiger partial charge in [0.05, 0.1) is 6.54 Å². The molecule has 0 heterocycles. The second kappa shape index (κ2) is 17.5. The Balaban J connectivity index is 2.55. The number of aromatic hydroxyl groups is 1. The molecule has 0 saturated heterocycles. The van der Waals surface area contributed by atoms with Crippen LogP contribution in [0.3, 0.4) is 0 Å². The van der Waals surface area contributed by atoms with Crippen LogP contribution in [0.5, 0.6) is 5.75 Å². The summed E-state index contributed by atoms with van der Waals surface area (Å²) in [6.07, 6.45) is 16.3. The molecule has 0 spiro atoms. The number of benzene rings is 1. The third-order valence-electron chi connectivity index (χ3n) is 7.66. The van der Waals surface area contributed by atoms with Gasteiger partial charge >= 0.3 is 0 Å². The van der Waals surface area contributed by atoms with E-state index in [1.54, 1.807) is 0 Å². The lowest BCUT2D eigenvalue weighted by atomic mass is 9.78. The summed E-state index contributed by atoms with van der Waals surface area (Å²) in [7, 11) is 0. The highest BCUT2D eigenvalue weighted by Crippen LogP contribution is 2.40. The Bertz CT molecular complexity index is 834. The van der Waals surface area contributed by atoms with Crippen LogP contribution in [0.2, 0.25) is 0 Å². The first kappa shape index (κ1) is 35.7. The van der Waals surface area contributed by atoms with Crippen molar-refractivity contribution in [3.05, 3.63) is 28.8 Å². The van der Waals surface area contributed by atoms with Gasteiger partial charge in [0.25, 0.3) is 0 Å². The second-order valence-electron chi connectivity index (χ2n) is 13.9. The molecule has 0 bridgehead atoms. The van der Waals surface area contributed by atoms with E-state index < -0.39 is 0 Å². The van der Waals surface area contributed by atoms with E-state index in [9.17, 15) is 9.90 Å². The number of aryl methyl sites for hydroxylation is 1. The number of ketones is 1. The second-order valence-corrected chi connectivity index (χ2v) is 15.6. The molecule has 1 rings (SSSR count). The predicted molar refractivity (Wildman–Crippen MR) is 171 cm³/mol. The highest BCUT2D eigenvalue weighted by atomic mass is 32.2. The minimum absolute atomic E-state index is 0.177. The Morgan fingerprint density at radius 1 is 0.821 bits per heavy atom. The van der Waals surface area contributed by atoms with E-state index in [4.69, 9.17) is 5.53 Å². The summed E-state index contributed by atoms with van der Waals surface area (Å²) in [5.74, 6) is 1.64. The number of unbranched alkanes of at least 4 members (excludes halogenated alkanes) is 10. The van der Waals surface area contributed by atoms with Crippen LogP contribution in [0.1, 0.15) is 156 Å². The minimum Gasteiger partial charge on any atom is -0.507 e. The molecule has 0 aliphatic heterocycles. The van der Waals surface area contributed by atoms with Crippen molar-refractivity contribution in [2.24, 2.45) is 5.11 Å². The largest absolute Gasteiger partial charge is 0.507 e. The number of nitrogens with one attached hydrogen (secondary N) is 1. The van der Waals surface area contributed by atoms with Gasteiger partial charge in [-0.1, -0.05) is 125 Å². The fourth-order valence-corrected chi connectivity index (χ4v) is 6.44. The molecule has 1 unspecified atom stereocenters. The fourth-order valence-electron chi connectivity index (χ4n) is 5.18. The molecule has 2 N–H and O–H groups in total. The van der Waals surface area contributed by atoms with Gasteiger partial charge in [0.2, 0.25) is 0 Å². The highest BCUT2D eigenvalue weighted by molar-refractivity contribution is 8.00. The fraction of sp³-hybridized carbons (Fsp3) is 0.794. The molecule has 1 aromatic rings. The van der Waals surface area contributed by atoms with Crippen molar-refractivity contribution in [1.82, 2.24) is 0 Å². The molecule has 0 radical (unpaired) electrons. The Hall–Kier alpha value is -1.36. The average Bonchev–Trinajstić information content (AvgIpc) is 2.82. The molecule has 0 aliphatic carbocycles. The Labute approximate surface area is 245 Å². The number of rotatable bonds is 20. The van der Waals surface area contributed by atoms with E-state index >= 15 is 0 Å². The maximum Gasteiger partial charge on any atom is 0.134 e. The van der Waals surface area contributed by atoms with E-state index in [2.05, 4.69) is 72.6 Å². The summed E-state index contributed by atoms with van der Waals surface area (Å²) < 4.78 is -0.306. The molecule has 1 aromatic carbocycles. The van der Waals surface area contributed by atoms with Crippen molar-refractivity contribution in [1.29, 1.82) is 5.53 Å². The van der Waals surface area contributed by atoms with Crippen LogP contribution in [0.25, 0.3) is 0 Å². The Morgan fingerprint density at radius 3 is 1.72 bits per heavy atom. The molecule has 4 nitrogen and oxygen atoms in total. The number of phenolic OH excluding ortho intramolecular Hbond substituents is 1. The third-order valence-corrected chi connectivity index (χ3v) is 9.12. The van der Waals surface area contributed by atoms with Crippen LogP contribution < -0.4 is 0 Å².